The zero-order chi connectivity index (χ0) is 21.7. The van der Waals surface area contributed by atoms with Crippen LogP contribution in [0, 0.1) is 0 Å². The first-order valence-corrected chi connectivity index (χ1v) is 13.2. The van der Waals surface area contributed by atoms with E-state index in [0.29, 0.717) is 44.8 Å². The van der Waals surface area contributed by atoms with Crippen molar-refractivity contribution >= 4 is 54.9 Å². The molecule has 3 aromatic rings. The molecule has 10 heteroatoms. The second-order valence-electron chi connectivity index (χ2n) is 6.99. The minimum absolute atomic E-state index is 0.133. The van der Waals surface area contributed by atoms with Gasteiger partial charge in [-0.15, -0.1) is 11.3 Å². The maximum atomic E-state index is 12.8. The highest BCUT2D eigenvalue weighted by atomic mass is 32.2. The molecule has 2 aromatic carbocycles. The van der Waals surface area contributed by atoms with E-state index < -0.39 is 10.0 Å². The monoisotopic (exact) mass is 477 g/mol. The summed E-state index contributed by atoms with van der Waals surface area (Å²) < 4.78 is 34.4. The number of sulfonamides is 1. The summed E-state index contributed by atoms with van der Waals surface area (Å²) in [5.74, 6) is 0.657. The summed E-state index contributed by atoms with van der Waals surface area (Å²) in [7, 11) is -3.59. The summed E-state index contributed by atoms with van der Waals surface area (Å²) >= 11 is 3.31. The fraction of sp³-hybridized carbons (Fsp3) is 0.333. The highest BCUT2D eigenvalue weighted by Gasteiger charge is 2.26. The van der Waals surface area contributed by atoms with Crippen LogP contribution in [-0.4, -0.2) is 55.7 Å². The van der Waals surface area contributed by atoms with Crippen molar-refractivity contribution in [3.8, 4) is 0 Å². The molecular weight excluding hydrogens is 454 g/mol. The highest BCUT2D eigenvalue weighted by molar-refractivity contribution is 8.01. The quantitative estimate of drug-likeness (QED) is 0.392. The van der Waals surface area contributed by atoms with E-state index in [2.05, 4.69) is 16.4 Å². The van der Waals surface area contributed by atoms with E-state index >= 15 is 0 Å². The molecule has 0 unspecified atom stereocenters. The largest absolute Gasteiger partial charge is 0.379 e. The zero-order valence-corrected chi connectivity index (χ0v) is 19.3. The summed E-state index contributed by atoms with van der Waals surface area (Å²) in [5.41, 5.74) is 1.48. The van der Waals surface area contributed by atoms with Gasteiger partial charge in [-0.1, -0.05) is 30.0 Å². The Morgan fingerprint density at radius 3 is 2.77 bits per heavy atom. The van der Waals surface area contributed by atoms with Crippen molar-refractivity contribution in [2.75, 3.05) is 37.4 Å². The van der Waals surface area contributed by atoms with Gasteiger partial charge in [0.05, 0.1) is 28.3 Å². The molecule has 1 aliphatic heterocycles. The van der Waals surface area contributed by atoms with Gasteiger partial charge in [-0.2, -0.15) is 4.31 Å². The number of fused-ring (bicyclic) bond motifs is 1. The number of benzene rings is 2. The highest BCUT2D eigenvalue weighted by Crippen LogP contribution is 2.29. The summed E-state index contributed by atoms with van der Waals surface area (Å²) in [6.45, 7) is 1.46. The molecule has 164 valence electrons. The van der Waals surface area contributed by atoms with Gasteiger partial charge in [-0.3, -0.25) is 4.79 Å². The van der Waals surface area contributed by atoms with E-state index in [1.165, 1.54) is 10.4 Å². The minimum atomic E-state index is -3.59. The summed E-state index contributed by atoms with van der Waals surface area (Å²) in [6.07, 6.45) is 1.07. The number of rotatable bonds is 8. The fourth-order valence-electron chi connectivity index (χ4n) is 3.20. The van der Waals surface area contributed by atoms with E-state index in [1.807, 2.05) is 18.2 Å². The number of hydrogen-bond donors (Lipinski definition) is 1. The first-order chi connectivity index (χ1) is 15.0. The lowest BCUT2D eigenvalue weighted by molar-refractivity contribution is -0.116. The Balaban J connectivity index is 1.28. The van der Waals surface area contributed by atoms with E-state index in [4.69, 9.17) is 4.74 Å². The van der Waals surface area contributed by atoms with E-state index in [0.717, 1.165) is 20.3 Å². The van der Waals surface area contributed by atoms with E-state index in [-0.39, 0.29) is 10.8 Å². The number of carbonyl (C=O) groups is 1. The number of amides is 1. The van der Waals surface area contributed by atoms with Crippen LogP contribution in [0.15, 0.2) is 57.8 Å². The van der Waals surface area contributed by atoms with Gasteiger partial charge in [0, 0.05) is 31.0 Å². The molecule has 1 N–H and O–H groups in total. The van der Waals surface area contributed by atoms with E-state index in [9.17, 15) is 13.2 Å². The van der Waals surface area contributed by atoms with Crippen LogP contribution < -0.4 is 5.32 Å². The Morgan fingerprint density at radius 2 is 1.97 bits per heavy atom. The molecule has 0 spiro atoms. The molecule has 1 amide bonds. The minimum Gasteiger partial charge on any atom is -0.379 e. The molecule has 0 bridgehead atoms. The second-order valence-corrected chi connectivity index (χ2v) is 11.3. The van der Waals surface area contributed by atoms with Gasteiger partial charge >= 0.3 is 0 Å². The molecule has 0 saturated carbocycles. The number of ether oxygens (including phenoxy) is 1. The smallest absolute Gasteiger partial charge is 0.243 e. The predicted octanol–water partition coefficient (Wildman–Crippen LogP) is 3.83. The topological polar surface area (TPSA) is 88.6 Å². The van der Waals surface area contributed by atoms with Crippen LogP contribution in [0.25, 0.3) is 10.2 Å². The van der Waals surface area contributed by atoms with Crippen LogP contribution in [-0.2, 0) is 19.6 Å². The second kappa shape index (κ2) is 10.1. The number of hydrogen-bond acceptors (Lipinski definition) is 7. The van der Waals surface area contributed by atoms with Crippen LogP contribution in [0.5, 0.6) is 0 Å². The summed E-state index contributed by atoms with van der Waals surface area (Å²) in [5, 5.41) is 2.81. The number of thioether (sulfide) groups is 1. The van der Waals surface area contributed by atoms with Gasteiger partial charge in [0.25, 0.3) is 0 Å². The zero-order valence-electron chi connectivity index (χ0n) is 16.8. The van der Waals surface area contributed by atoms with Gasteiger partial charge in [-0.25, -0.2) is 13.4 Å². The van der Waals surface area contributed by atoms with Gasteiger partial charge in [0.2, 0.25) is 15.9 Å². The van der Waals surface area contributed by atoms with Crippen molar-refractivity contribution in [3.63, 3.8) is 0 Å². The predicted molar refractivity (Wildman–Crippen MR) is 124 cm³/mol. The molecule has 0 atom stereocenters. The fourth-order valence-corrected chi connectivity index (χ4v) is 6.73. The maximum Gasteiger partial charge on any atom is 0.243 e. The Labute approximate surface area is 189 Å². The Morgan fingerprint density at radius 1 is 1.16 bits per heavy atom. The lowest BCUT2D eigenvalue weighted by Crippen LogP contribution is -2.40. The van der Waals surface area contributed by atoms with Crippen molar-refractivity contribution in [2.45, 2.75) is 22.1 Å². The molecule has 0 radical (unpaired) electrons. The van der Waals surface area contributed by atoms with Crippen molar-refractivity contribution in [1.29, 1.82) is 0 Å². The number of aromatic nitrogens is 1. The molecule has 4 rings (SSSR count). The normalized spacial score (nSPS) is 15.2. The van der Waals surface area contributed by atoms with Crippen molar-refractivity contribution in [3.05, 3.63) is 48.5 Å². The Hall–Kier alpha value is -1.98. The van der Waals surface area contributed by atoms with E-state index in [1.54, 1.807) is 41.3 Å². The van der Waals surface area contributed by atoms with Crippen molar-refractivity contribution in [2.24, 2.45) is 0 Å². The van der Waals surface area contributed by atoms with Crippen LogP contribution in [0.3, 0.4) is 0 Å². The average molecular weight is 478 g/mol. The van der Waals surface area contributed by atoms with Gasteiger partial charge in [0.15, 0.2) is 4.34 Å². The molecule has 1 saturated heterocycles. The average Bonchev–Trinajstić information content (AvgIpc) is 3.20. The molecule has 1 fully saturated rings. The number of morpholine rings is 1. The lowest BCUT2D eigenvalue weighted by atomic mass is 10.3. The van der Waals surface area contributed by atoms with Crippen LogP contribution in [0.2, 0.25) is 0 Å². The number of para-hydroxylation sites is 1. The number of nitrogens with zero attached hydrogens (tertiary/aromatic N) is 2. The molecule has 2 heterocycles. The number of nitrogens with one attached hydrogen (secondary N) is 1. The van der Waals surface area contributed by atoms with Gasteiger partial charge in [-0.05, 0) is 36.8 Å². The Kier molecular flexibility index (Phi) is 7.24. The number of thiazole rings is 1. The standard InChI is InChI=1S/C21H23N3O4S3/c25-20(9-4-14-29-21-23-18-7-1-2-8-19(18)30-21)22-16-5-3-6-17(15-16)31(26,27)24-10-12-28-13-11-24/h1-3,5-8,15H,4,9-14H2,(H,22,25). The summed E-state index contributed by atoms with van der Waals surface area (Å²) in [4.78, 5) is 17.1. The molecule has 31 heavy (non-hydrogen) atoms. The molecular formula is C21H23N3O4S3. The van der Waals surface area contributed by atoms with Crippen LogP contribution in [0.4, 0.5) is 5.69 Å². The third kappa shape index (κ3) is 5.64. The van der Waals surface area contributed by atoms with Crippen molar-refractivity contribution in [1.82, 2.24) is 9.29 Å². The molecule has 1 aromatic heterocycles. The van der Waals surface area contributed by atoms with Gasteiger partial charge < -0.3 is 10.1 Å². The third-order valence-corrected chi connectivity index (χ3v) is 8.93. The Bertz CT molecular complexity index is 1120. The van der Waals surface area contributed by atoms with Crippen LogP contribution in [0.1, 0.15) is 12.8 Å². The first kappa shape index (κ1) is 22.2. The molecule has 7 nitrogen and oxygen atoms in total. The molecule has 0 aliphatic carbocycles. The SMILES string of the molecule is O=C(CCCSc1nc2ccccc2s1)Nc1cccc(S(=O)(=O)N2CCOCC2)c1. The van der Waals surface area contributed by atoms with Gasteiger partial charge in [0.1, 0.15) is 0 Å². The third-order valence-electron chi connectivity index (χ3n) is 4.77. The lowest BCUT2D eigenvalue weighted by Gasteiger charge is -2.26. The molecule has 1 aliphatic rings. The maximum absolute atomic E-state index is 12.8. The number of carbonyl (C=O) groups excluding carboxylic acids is 1. The number of anilines is 1. The van der Waals surface area contributed by atoms with Crippen molar-refractivity contribution < 1.29 is 17.9 Å². The summed E-state index contributed by atoms with van der Waals surface area (Å²) in [6, 6.07) is 14.4. The first-order valence-electron chi connectivity index (χ1n) is 9.98. The van der Waals surface area contributed by atoms with Crippen LogP contribution >= 0.6 is 23.1 Å².